The summed E-state index contributed by atoms with van der Waals surface area (Å²) in [6.45, 7) is 6.62. The fourth-order valence-corrected chi connectivity index (χ4v) is 3.64. The molecule has 1 atom stereocenters. The van der Waals surface area contributed by atoms with Crippen LogP contribution in [0.3, 0.4) is 0 Å². The lowest BCUT2D eigenvalue weighted by Gasteiger charge is -2.26. The molecule has 0 fully saturated rings. The van der Waals surface area contributed by atoms with Gasteiger partial charge < -0.3 is 10.4 Å². The van der Waals surface area contributed by atoms with Gasteiger partial charge in [0.2, 0.25) is 5.95 Å². The number of aromatic nitrogens is 4. The van der Waals surface area contributed by atoms with Crippen LogP contribution in [0.5, 0.6) is 0 Å². The number of fused-ring (bicyclic) bond motifs is 1. The highest BCUT2D eigenvalue weighted by Gasteiger charge is 2.26. The second kappa shape index (κ2) is 7.68. The van der Waals surface area contributed by atoms with Crippen LogP contribution < -0.4 is 10.9 Å². The molecule has 3 aromatic rings. The quantitative estimate of drug-likeness (QED) is 0.673. The number of nitrogens with zero attached hydrogens (tertiary/aromatic N) is 4. The molecule has 1 aliphatic rings. The largest absolute Gasteiger partial charge is 0.388 e. The van der Waals surface area contributed by atoms with E-state index in [1.54, 1.807) is 42.9 Å². The molecule has 4 rings (SSSR count). The highest BCUT2D eigenvalue weighted by atomic mass is 19.1. The molecule has 0 spiro atoms. The number of benzene rings is 1. The van der Waals surface area contributed by atoms with Gasteiger partial charge in [-0.1, -0.05) is 12.1 Å². The Morgan fingerprint density at radius 2 is 1.80 bits per heavy atom. The van der Waals surface area contributed by atoms with E-state index in [1.165, 1.54) is 12.1 Å². The fraction of sp³-hybridized carbons (Fsp3) is 0.409. The number of hydrogen-bond acceptors (Lipinski definition) is 5. The van der Waals surface area contributed by atoms with E-state index in [4.69, 9.17) is 0 Å². The minimum Gasteiger partial charge on any atom is -0.388 e. The minimum atomic E-state index is -0.953. The smallest absolute Gasteiger partial charge is 0.275 e. The summed E-state index contributed by atoms with van der Waals surface area (Å²) in [4.78, 5) is 22.2. The van der Waals surface area contributed by atoms with E-state index in [9.17, 15) is 14.3 Å². The molecule has 30 heavy (non-hydrogen) atoms. The van der Waals surface area contributed by atoms with Crippen LogP contribution in [0.15, 0.2) is 41.3 Å². The maximum absolute atomic E-state index is 13.5. The SMILES string of the molecule is C[C@H](Nc1nccc(-c2c(-c3ccc(F)cc3)c(=O)n3n2CCCC3)n1)C(C)(C)O. The Labute approximate surface area is 174 Å². The molecule has 0 bridgehead atoms. The summed E-state index contributed by atoms with van der Waals surface area (Å²) < 4.78 is 17.2. The zero-order valence-corrected chi connectivity index (χ0v) is 17.4. The van der Waals surface area contributed by atoms with Gasteiger partial charge in [-0.05, 0) is 57.4 Å². The van der Waals surface area contributed by atoms with Gasteiger partial charge in [-0.25, -0.2) is 19.0 Å². The molecule has 0 radical (unpaired) electrons. The predicted octanol–water partition coefficient (Wildman–Crippen LogP) is 3.28. The van der Waals surface area contributed by atoms with Crippen molar-refractivity contribution in [2.75, 3.05) is 5.32 Å². The first-order valence-corrected chi connectivity index (χ1v) is 10.2. The Morgan fingerprint density at radius 1 is 1.13 bits per heavy atom. The minimum absolute atomic E-state index is 0.103. The van der Waals surface area contributed by atoms with Gasteiger partial charge >= 0.3 is 0 Å². The van der Waals surface area contributed by atoms with Gasteiger partial charge in [0, 0.05) is 19.3 Å². The summed E-state index contributed by atoms with van der Waals surface area (Å²) in [5.74, 6) is 0.0227. The van der Waals surface area contributed by atoms with Gasteiger partial charge in [0.25, 0.3) is 5.56 Å². The first-order valence-electron chi connectivity index (χ1n) is 10.2. The van der Waals surface area contributed by atoms with Gasteiger partial charge in [0.05, 0.1) is 28.6 Å². The van der Waals surface area contributed by atoms with Crippen molar-refractivity contribution in [1.29, 1.82) is 0 Å². The molecule has 0 unspecified atom stereocenters. The molecule has 2 N–H and O–H groups in total. The summed E-state index contributed by atoms with van der Waals surface area (Å²) in [6.07, 6.45) is 3.54. The summed E-state index contributed by atoms with van der Waals surface area (Å²) in [5, 5.41) is 13.3. The van der Waals surface area contributed by atoms with Gasteiger partial charge in [0.1, 0.15) is 5.82 Å². The van der Waals surface area contributed by atoms with Crippen LogP contribution in [0.1, 0.15) is 33.6 Å². The van der Waals surface area contributed by atoms with Crippen molar-refractivity contribution in [3.05, 3.63) is 52.7 Å². The third-order valence-electron chi connectivity index (χ3n) is 5.66. The summed E-state index contributed by atoms with van der Waals surface area (Å²) in [7, 11) is 0. The van der Waals surface area contributed by atoms with Crippen LogP contribution in [-0.4, -0.2) is 36.1 Å². The first kappa shape index (κ1) is 20.3. The Balaban J connectivity index is 1.86. The molecular formula is C22H26FN5O2. The number of halogens is 1. The van der Waals surface area contributed by atoms with E-state index < -0.39 is 5.60 Å². The first-order chi connectivity index (χ1) is 14.3. The second-order valence-corrected chi connectivity index (χ2v) is 8.27. The van der Waals surface area contributed by atoms with E-state index in [0.29, 0.717) is 41.6 Å². The lowest BCUT2D eigenvalue weighted by molar-refractivity contribution is 0.0646. The molecule has 0 amide bonds. The second-order valence-electron chi connectivity index (χ2n) is 8.27. The molecule has 158 valence electrons. The number of anilines is 1. The van der Waals surface area contributed by atoms with Crippen LogP contribution in [0, 0.1) is 5.82 Å². The zero-order chi connectivity index (χ0) is 21.5. The maximum atomic E-state index is 13.5. The third kappa shape index (κ3) is 3.75. The number of aliphatic hydroxyl groups is 1. The molecule has 2 aromatic heterocycles. The Bertz CT molecular complexity index is 1110. The highest BCUT2D eigenvalue weighted by molar-refractivity contribution is 5.79. The van der Waals surface area contributed by atoms with Crippen LogP contribution in [0.4, 0.5) is 10.3 Å². The lowest BCUT2D eigenvalue weighted by atomic mass is 10.0. The maximum Gasteiger partial charge on any atom is 0.275 e. The predicted molar refractivity (Wildman–Crippen MR) is 114 cm³/mol. The van der Waals surface area contributed by atoms with Crippen LogP contribution >= 0.6 is 0 Å². The molecule has 0 saturated heterocycles. The third-order valence-corrected chi connectivity index (χ3v) is 5.66. The van der Waals surface area contributed by atoms with E-state index in [1.807, 2.05) is 11.6 Å². The lowest BCUT2D eigenvalue weighted by Crippen LogP contribution is -2.39. The van der Waals surface area contributed by atoms with Gasteiger partial charge in [0.15, 0.2) is 0 Å². The van der Waals surface area contributed by atoms with E-state index in [2.05, 4.69) is 15.3 Å². The van der Waals surface area contributed by atoms with Crippen molar-refractivity contribution < 1.29 is 9.50 Å². The average Bonchev–Trinajstić information content (AvgIpc) is 3.01. The Kier molecular flexibility index (Phi) is 5.19. The highest BCUT2D eigenvalue weighted by Crippen LogP contribution is 2.31. The monoisotopic (exact) mass is 411 g/mol. The van der Waals surface area contributed by atoms with Gasteiger partial charge in [-0.15, -0.1) is 0 Å². The molecule has 3 heterocycles. The van der Waals surface area contributed by atoms with Crippen molar-refractivity contribution in [2.45, 2.75) is 58.3 Å². The molecule has 0 saturated carbocycles. The molecule has 1 aliphatic heterocycles. The zero-order valence-electron chi connectivity index (χ0n) is 17.4. The van der Waals surface area contributed by atoms with E-state index >= 15 is 0 Å². The van der Waals surface area contributed by atoms with Crippen molar-refractivity contribution >= 4 is 5.95 Å². The number of nitrogens with one attached hydrogen (secondary N) is 1. The molecule has 7 nitrogen and oxygen atoms in total. The normalized spacial score (nSPS) is 15.0. The van der Waals surface area contributed by atoms with Crippen molar-refractivity contribution in [2.24, 2.45) is 0 Å². The van der Waals surface area contributed by atoms with Gasteiger partial charge in [-0.2, -0.15) is 0 Å². The standard InChI is InChI=1S/C22H26FN5O2/c1-14(22(2,3)30)25-21-24-11-10-17(26-21)19-18(15-6-8-16(23)9-7-15)20(29)28-13-5-4-12-27(19)28/h6-11,14,30H,4-5,12-13H2,1-3H3,(H,24,25,26)/t14-/m0/s1. The average molecular weight is 411 g/mol. The Hall–Kier alpha value is -3.00. The van der Waals surface area contributed by atoms with Crippen molar-refractivity contribution in [1.82, 2.24) is 19.3 Å². The molecule has 1 aromatic carbocycles. The summed E-state index contributed by atoms with van der Waals surface area (Å²) >= 11 is 0. The molecular weight excluding hydrogens is 385 g/mol. The van der Waals surface area contributed by atoms with Crippen LogP contribution in [0.25, 0.3) is 22.5 Å². The van der Waals surface area contributed by atoms with Gasteiger partial charge in [-0.3, -0.25) is 9.48 Å². The number of rotatable bonds is 5. The molecule has 8 heteroatoms. The van der Waals surface area contributed by atoms with Crippen molar-refractivity contribution in [3.63, 3.8) is 0 Å². The van der Waals surface area contributed by atoms with Crippen molar-refractivity contribution in [3.8, 4) is 22.5 Å². The molecule has 0 aliphatic carbocycles. The van der Waals surface area contributed by atoms with E-state index in [-0.39, 0.29) is 17.4 Å². The van der Waals surface area contributed by atoms with E-state index in [0.717, 1.165) is 12.8 Å². The summed E-state index contributed by atoms with van der Waals surface area (Å²) in [6, 6.07) is 7.45. The fourth-order valence-electron chi connectivity index (χ4n) is 3.64. The number of hydrogen-bond donors (Lipinski definition) is 2. The topological polar surface area (TPSA) is 85.0 Å². The Morgan fingerprint density at radius 3 is 2.47 bits per heavy atom. The van der Waals surface area contributed by atoms with Crippen LogP contribution in [0.2, 0.25) is 0 Å². The summed E-state index contributed by atoms with van der Waals surface area (Å²) in [5.41, 5.74) is 1.42. The van der Waals surface area contributed by atoms with Crippen LogP contribution in [-0.2, 0) is 13.1 Å².